The highest BCUT2D eigenvalue weighted by Crippen LogP contribution is 2.33. The minimum absolute atomic E-state index is 0.296. The van der Waals surface area contributed by atoms with E-state index in [4.69, 9.17) is 0 Å². The summed E-state index contributed by atoms with van der Waals surface area (Å²) in [7, 11) is 0. The van der Waals surface area contributed by atoms with Gasteiger partial charge in [0, 0.05) is 6.54 Å². The Kier molecular flexibility index (Phi) is 5.54. The Labute approximate surface area is 158 Å². The summed E-state index contributed by atoms with van der Waals surface area (Å²) >= 11 is 0. The molecule has 1 saturated heterocycles. The Morgan fingerprint density at radius 3 is 2.30 bits per heavy atom. The summed E-state index contributed by atoms with van der Waals surface area (Å²) in [5.41, 5.74) is 0.581. The van der Waals surface area contributed by atoms with Crippen LogP contribution in [0.15, 0.2) is 60.7 Å². The largest absolute Gasteiger partial charge is 0.350 e. The van der Waals surface area contributed by atoms with Crippen LogP contribution in [0, 0.1) is 0 Å². The topological polar surface area (TPSA) is 78.5 Å². The molecule has 1 unspecified atom stereocenters. The Hall–Kier alpha value is -3.15. The van der Waals surface area contributed by atoms with Crippen LogP contribution in [0.2, 0.25) is 0 Å². The molecule has 2 aromatic rings. The average molecular weight is 365 g/mol. The number of urea groups is 1. The molecule has 6 nitrogen and oxygen atoms in total. The fraction of sp³-hybridized carbons (Fsp3) is 0.286. The van der Waals surface area contributed by atoms with E-state index in [0.717, 1.165) is 22.4 Å². The molecule has 1 aliphatic rings. The van der Waals surface area contributed by atoms with Crippen molar-refractivity contribution in [2.45, 2.75) is 31.8 Å². The monoisotopic (exact) mass is 365 g/mol. The van der Waals surface area contributed by atoms with E-state index in [1.807, 2.05) is 67.6 Å². The summed E-state index contributed by atoms with van der Waals surface area (Å²) in [6, 6.07) is 18.1. The first kappa shape index (κ1) is 18.6. The molecule has 1 fully saturated rings. The summed E-state index contributed by atoms with van der Waals surface area (Å²) in [6.07, 6.45) is 1.19. The van der Waals surface area contributed by atoms with Gasteiger partial charge in [-0.2, -0.15) is 0 Å². The molecule has 0 saturated carbocycles. The van der Waals surface area contributed by atoms with Crippen LogP contribution >= 0.6 is 0 Å². The molecule has 0 aliphatic carbocycles. The van der Waals surface area contributed by atoms with Crippen molar-refractivity contribution in [1.82, 2.24) is 15.5 Å². The van der Waals surface area contributed by atoms with Gasteiger partial charge in [-0.15, -0.1) is 0 Å². The molecule has 0 bridgehead atoms. The Balaban J connectivity index is 1.72. The van der Waals surface area contributed by atoms with Gasteiger partial charge in [0.1, 0.15) is 12.1 Å². The highest BCUT2D eigenvalue weighted by molar-refractivity contribution is 6.09. The zero-order chi connectivity index (χ0) is 19.3. The predicted molar refractivity (Wildman–Crippen MR) is 102 cm³/mol. The van der Waals surface area contributed by atoms with Crippen LogP contribution in [0.3, 0.4) is 0 Å². The molecule has 0 radical (unpaired) electrons. The second-order valence-corrected chi connectivity index (χ2v) is 6.61. The normalized spacial score (nSPS) is 19.1. The third-order valence-corrected chi connectivity index (χ3v) is 4.70. The smallest absolute Gasteiger partial charge is 0.325 e. The number of carbonyl (C=O) groups excluding carboxylic acids is 3. The second kappa shape index (κ2) is 8.03. The van der Waals surface area contributed by atoms with Crippen molar-refractivity contribution in [3.05, 3.63) is 71.8 Å². The van der Waals surface area contributed by atoms with Crippen LogP contribution in [0.1, 0.15) is 30.9 Å². The van der Waals surface area contributed by atoms with Gasteiger partial charge < -0.3 is 10.6 Å². The number of hydrogen-bond acceptors (Lipinski definition) is 3. The fourth-order valence-corrected chi connectivity index (χ4v) is 3.37. The number of rotatable bonds is 7. The van der Waals surface area contributed by atoms with Crippen LogP contribution < -0.4 is 10.6 Å². The number of hydrogen-bond donors (Lipinski definition) is 2. The Morgan fingerprint density at radius 1 is 1.04 bits per heavy atom. The van der Waals surface area contributed by atoms with Gasteiger partial charge in [0.05, 0.1) is 0 Å². The van der Waals surface area contributed by atoms with Crippen molar-refractivity contribution in [2.75, 3.05) is 6.54 Å². The molecule has 1 aliphatic heterocycles. The summed E-state index contributed by atoms with van der Waals surface area (Å²) < 4.78 is 0. The molecule has 2 N–H and O–H groups in total. The van der Waals surface area contributed by atoms with Crippen LogP contribution in [-0.4, -0.2) is 29.3 Å². The molecule has 4 amide bonds. The van der Waals surface area contributed by atoms with Crippen molar-refractivity contribution < 1.29 is 14.4 Å². The highest BCUT2D eigenvalue weighted by atomic mass is 16.2. The van der Waals surface area contributed by atoms with Crippen molar-refractivity contribution in [1.29, 1.82) is 0 Å². The molecule has 27 heavy (non-hydrogen) atoms. The first-order chi connectivity index (χ1) is 13.1. The molecule has 1 atom stereocenters. The van der Waals surface area contributed by atoms with Crippen LogP contribution in [0.4, 0.5) is 4.79 Å². The molecule has 2 aromatic carbocycles. The lowest BCUT2D eigenvalue weighted by Crippen LogP contribution is -2.45. The molecular weight excluding hydrogens is 342 g/mol. The highest BCUT2D eigenvalue weighted by Gasteiger charge is 2.52. The van der Waals surface area contributed by atoms with Crippen molar-refractivity contribution in [3.63, 3.8) is 0 Å². The van der Waals surface area contributed by atoms with Crippen molar-refractivity contribution in [3.8, 4) is 0 Å². The lowest BCUT2D eigenvalue weighted by atomic mass is 9.85. The maximum atomic E-state index is 13.1. The summed E-state index contributed by atoms with van der Waals surface area (Å²) in [6.45, 7) is 2.01. The lowest BCUT2D eigenvalue weighted by Gasteiger charge is -2.26. The zero-order valence-electron chi connectivity index (χ0n) is 15.3. The summed E-state index contributed by atoms with van der Waals surface area (Å²) in [4.78, 5) is 38.9. The van der Waals surface area contributed by atoms with Crippen LogP contribution in [-0.2, 0) is 21.7 Å². The van der Waals surface area contributed by atoms with Gasteiger partial charge in [0.2, 0.25) is 5.91 Å². The first-order valence-corrected chi connectivity index (χ1v) is 9.07. The molecule has 140 valence electrons. The van der Waals surface area contributed by atoms with Gasteiger partial charge in [0.25, 0.3) is 5.91 Å². The third kappa shape index (κ3) is 3.84. The lowest BCUT2D eigenvalue weighted by molar-refractivity contribution is -0.135. The predicted octanol–water partition coefficient (Wildman–Crippen LogP) is 2.55. The number of nitrogens with zero attached hydrogens (tertiary/aromatic N) is 1. The van der Waals surface area contributed by atoms with E-state index in [1.54, 1.807) is 0 Å². The zero-order valence-corrected chi connectivity index (χ0v) is 15.3. The van der Waals surface area contributed by atoms with E-state index in [2.05, 4.69) is 10.6 Å². The second-order valence-electron chi connectivity index (χ2n) is 6.61. The molecule has 3 rings (SSSR count). The standard InChI is InChI=1S/C21H23N3O3/c1-2-13-21(17-11-7-4-8-12-17)19(26)24(20(27)23-21)15-18(25)22-14-16-9-5-3-6-10-16/h3-12H,2,13-15H2,1H3,(H,22,25)(H,23,27). The average Bonchev–Trinajstić information content (AvgIpc) is 2.93. The minimum Gasteiger partial charge on any atom is -0.350 e. The number of benzene rings is 2. The molecule has 1 heterocycles. The van der Waals surface area contributed by atoms with Gasteiger partial charge in [-0.1, -0.05) is 74.0 Å². The Bertz CT molecular complexity index is 823. The van der Waals surface area contributed by atoms with E-state index in [1.165, 1.54) is 0 Å². The maximum absolute atomic E-state index is 13.1. The fourth-order valence-electron chi connectivity index (χ4n) is 3.37. The van der Waals surface area contributed by atoms with E-state index in [9.17, 15) is 14.4 Å². The van der Waals surface area contributed by atoms with Gasteiger partial charge in [0.15, 0.2) is 0 Å². The molecular formula is C21H23N3O3. The maximum Gasteiger partial charge on any atom is 0.325 e. The van der Waals surface area contributed by atoms with E-state index >= 15 is 0 Å². The van der Waals surface area contributed by atoms with Gasteiger partial charge in [-0.25, -0.2) is 4.79 Å². The Morgan fingerprint density at radius 2 is 1.67 bits per heavy atom. The summed E-state index contributed by atoms with van der Waals surface area (Å²) in [5.74, 6) is -0.752. The SMILES string of the molecule is CCCC1(c2ccccc2)NC(=O)N(CC(=O)NCc2ccccc2)C1=O. The minimum atomic E-state index is -1.10. The third-order valence-electron chi connectivity index (χ3n) is 4.70. The van der Waals surface area contributed by atoms with Crippen LogP contribution in [0.25, 0.3) is 0 Å². The molecule has 6 heteroatoms. The quantitative estimate of drug-likeness (QED) is 0.740. The van der Waals surface area contributed by atoms with E-state index in [0.29, 0.717) is 13.0 Å². The van der Waals surface area contributed by atoms with Crippen molar-refractivity contribution in [2.24, 2.45) is 0 Å². The molecule has 0 spiro atoms. The number of imide groups is 1. The van der Waals surface area contributed by atoms with Gasteiger partial charge in [-0.05, 0) is 17.5 Å². The summed E-state index contributed by atoms with van der Waals surface area (Å²) in [5, 5.41) is 5.57. The van der Waals surface area contributed by atoms with E-state index < -0.39 is 11.6 Å². The number of amides is 4. The van der Waals surface area contributed by atoms with Crippen molar-refractivity contribution >= 4 is 17.8 Å². The van der Waals surface area contributed by atoms with Gasteiger partial charge in [-0.3, -0.25) is 14.5 Å². The van der Waals surface area contributed by atoms with E-state index in [-0.39, 0.29) is 18.4 Å². The number of nitrogens with one attached hydrogen (secondary N) is 2. The molecule has 0 aromatic heterocycles. The number of carbonyl (C=O) groups is 3. The van der Waals surface area contributed by atoms with Gasteiger partial charge >= 0.3 is 6.03 Å². The first-order valence-electron chi connectivity index (χ1n) is 9.07. The van der Waals surface area contributed by atoms with Crippen LogP contribution in [0.5, 0.6) is 0 Å².